The minimum Gasteiger partial charge on any atom is -0.481 e. The van der Waals surface area contributed by atoms with Crippen LogP contribution in [0, 0.1) is 11.7 Å². The predicted molar refractivity (Wildman–Crippen MR) is 78.8 cm³/mol. The Bertz CT molecular complexity index is 597. The monoisotopic (exact) mass is 305 g/mol. The molecular formula is C17H20FNO3. The number of hydrogen-bond donors (Lipinski definition) is 2. The Labute approximate surface area is 128 Å². The van der Waals surface area contributed by atoms with Crippen LogP contribution in [0.2, 0.25) is 0 Å². The van der Waals surface area contributed by atoms with Gasteiger partial charge in [-0.15, -0.1) is 0 Å². The fraction of sp³-hybridized carbons (Fsp3) is 0.529. The van der Waals surface area contributed by atoms with E-state index in [-0.39, 0.29) is 23.7 Å². The van der Waals surface area contributed by atoms with E-state index in [9.17, 15) is 14.0 Å². The van der Waals surface area contributed by atoms with E-state index in [1.165, 1.54) is 12.1 Å². The van der Waals surface area contributed by atoms with Crippen molar-refractivity contribution in [2.24, 2.45) is 5.92 Å². The number of carbonyl (C=O) groups is 2. The summed E-state index contributed by atoms with van der Waals surface area (Å²) >= 11 is 0. The number of amides is 1. The maximum Gasteiger partial charge on any atom is 0.306 e. The van der Waals surface area contributed by atoms with Gasteiger partial charge in [-0.3, -0.25) is 9.59 Å². The molecule has 2 aliphatic rings. The van der Waals surface area contributed by atoms with Gasteiger partial charge in [0.2, 0.25) is 5.91 Å². The van der Waals surface area contributed by atoms with Crippen molar-refractivity contribution in [3.63, 3.8) is 0 Å². The van der Waals surface area contributed by atoms with Gasteiger partial charge in [-0.25, -0.2) is 4.39 Å². The van der Waals surface area contributed by atoms with Gasteiger partial charge in [0.25, 0.3) is 0 Å². The largest absolute Gasteiger partial charge is 0.481 e. The predicted octanol–water partition coefficient (Wildman–Crippen LogP) is 2.62. The number of carbonyl (C=O) groups excluding carboxylic acids is 1. The van der Waals surface area contributed by atoms with Crippen LogP contribution in [0.25, 0.3) is 0 Å². The quantitative estimate of drug-likeness (QED) is 0.898. The summed E-state index contributed by atoms with van der Waals surface area (Å²) in [6.45, 7) is 0. The molecule has 0 radical (unpaired) electrons. The van der Waals surface area contributed by atoms with E-state index in [1.54, 1.807) is 12.1 Å². The molecular weight excluding hydrogens is 285 g/mol. The number of hydrogen-bond acceptors (Lipinski definition) is 2. The van der Waals surface area contributed by atoms with Gasteiger partial charge >= 0.3 is 5.97 Å². The topological polar surface area (TPSA) is 66.4 Å². The molecule has 0 unspecified atom stereocenters. The maximum absolute atomic E-state index is 13.5. The molecule has 0 aromatic heterocycles. The molecule has 22 heavy (non-hydrogen) atoms. The SMILES string of the molecule is O=C(O)[C@@H]1CC[C@H](NC(=O)C2(c3cccc(F)c3)CCC2)C1. The van der Waals surface area contributed by atoms with Crippen molar-refractivity contribution < 1.29 is 19.1 Å². The molecule has 0 aliphatic heterocycles. The van der Waals surface area contributed by atoms with Crippen LogP contribution in [-0.2, 0) is 15.0 Å². The molecule has 2 atom stereocenters. The fourth-order valence-electron chi connectivity index (χ4n) is 3.62. The Kier molecular flexibility index (Phi) is 3.89. The number of rotatable bonds is 4. The lowest BCUT2D eigenvalue weighted by molar-refractivity contribution is -0.141. The van der Waals surface area contributed by atoms with Gasteiger partial charge in [-0.2, -0.15) is 0 Å². The van der Waals surface area contributed by atoms with Crippen LogP contribution in [0.1, 0.15) is 44.1 Å². The lowest BCUT2D eigenvalue weighted by atomic mass is 9.63. The molecule has 0 spiro atoms. The molecule has 2 aliphatic carbocycles. The van der Waals surface area contributed by atoms with E-state index >= 15 is 0 Å². The second-order valence-corrected chi connectivity index (χ2v) is 6.46. The van der Waals surface area contributed by atoms with Gasteiger partial charge in [0.15, 0.2) is 0 Å². The van der Waals surface area contributed by atoms with Crippen molar-refractivity contribution in [2.45, 2.75) is 50.0 Å². The van der Waals surface area contributed by atoms with Gasteiger partial charge in [-0.05, 0) is 49.8 Å². The van der Waals surface area contributed by atoms with Crippen LogP contribution in [-0.4, -0.2) is 23.0 Å². The molecule has 5 heteroatoms. The zero-order valence-corrected chi connectivity index (χ0v) is 12.3. The summed E-state index contributed by atoms with van der Waals surface area (Å²) in [4.78, 5) is 23.7. The summed E-state index contributed by atoms with van der Waals surface area (Å²) in [5.74, 6) is -1.57. The summed E-state index contributed by atoms with van der Waals surface area (Å²) in [6.07, 6.45) is 4.18. The van der Waals surface area contributed by atoms with E-state index in [0.717, 1.165) is 24.8 Å². The maximum atomic E-state index is 13.5. The average Bonchev–Trinajstić information content (AvgIpc) is 2.86. The van der Waals surface area contributed by atoms with Crippen LogP contribution < -0.4 is 5.32 Å². The van der Waals surface area contributed by atoms with Crippen LogP contribution in [0.3, 0.4) is 0 Å². The highest BCUT2D eigenvalue weighted by atomic mass is 19.1. The van der Waals surface area contributed by atoms with Crippen molar-refractivity contribution in [1.82, 2.24) is 5.32 Å². The molecule has 2 saturated carbocycles. The molecule has 4 nitrogen and oxygen atoms in total. The first-order valence-corrected chi connectivity index (χ1v) is 7.81. The van der Waals surface area contributed by atoms with Gasteiger partial charge < -0.3 is 10.4 Å². The first-order valence-electron chi connectivity index (χ1n) is 7.81. The Hall–Kier alpha value is -1.91. The Morgan fingerprint density at radius 1 is 1.27 bits per heavy atom. The molecule has 118 valence electrons. The molecule has 0 saturated heterocycles. The highest BCUT2D eigenvalue weighted by Crippen LogP contribution is 2.44. The Balaban J connectivity index is 1.72. The third-order valence-electron chi connectivity index (χ3n) is 5.14. The molecule has 1 aromatic rings. The third-order valence-corrected chi connectivity index (χ3v) is 5.14. The van der Waals surface area contributed by atoms with Gasteiger partial charge in [0.1, 0.15) is 5.82 Å². The van der Waals surface area contributed by atoms with Crippen molar-refractivity contribution >= 4 is 11.9 Å². The number of aliphatic carboxylic acids is 1. The fourth-order valence-corrected chi connectivity index (χ4v) is 3.62. The van der Waals surface area contributed by atoms with Gasteiger partial charge in [-0.1, -0.05) is 18.6 Å². The number of benzene rings is 1. The van der Waals surface area contributed by atoms with E-state index in [0.29, 0.717) is 19.3 Å². The van der Waals surface area contributed by atoms with Crippen LogP contribution in [0.4, 0.5) is 4.39 Å². The summed E-state index contributed by atoms with van der Waals surface area (Å²) < 4.78 is 13.5. The minimum atomic E-state index is -0.791. The molecule has 2 fully saturated rings. The minimum absolute atomic E-state index is 0.0830. The molecule has 3 rings (SSSR count). The Morgan fingerprint density at radius 2 is 2.05 bits per heavy atom. The van der Waals surface area contributed by atoms with Crippen LogP contribution >= 0.6 is 0 Å². The normalized spacial score (nSPS) is 26.2. The first-order chi connectivity index (χ1) is 10.5. The van der Waals surface area contributed by atoms with Gasteiger partial charge in [0, 0.05) is 6.04 Å². The second kappa shape index (κ2) is 5.71. The number of carboxylic acids is 1. The van der Waals surface area contributed by atoms with Crippen molar-refractivity contribution in [3.05, 3.63) is 35.6 Å². The van der Waals surface area contributed by atoms with E-state index in [1.807, 2.05) is 0 Å². The smallest absolute Gasteiger partial charge is 0.306 e. The Morgan fingerprint density at radius 3 is 2.59 bits per heavy atom. The lowest BCUT2D eigenvalue weighted by Gasteiger charge is -2.41. The molecule has 0 heterocycles. The summed E-state index contributed by atoms with van der Waals surface area (Å²) in [5, 5.41) is 12.0. The highest BCUT2D eigenvalue weighted by molar-refractivity contribution is 5.89. The lowest BCUT2D eigenvalue weighted by Crippen LogP contribution is -2.51. The number of carboxylic acid groups (broad SMARTS) is 1. The summed E-state index contributed by atoms with van der Waals surface area (Å²) in [7, 11) is 0. The van der Waals surface area contributed by atoms with Crippen LogP contribution in [0.5, 0.6) is 0 Å². The number of halogens is 1. The zero-order chi connectivity index (χ0) is 15.7. The van der Waals surface area contributed by atoms with E-state index < -0.39 is 11.4 Å². The van der Waals surface area contributed by atoms with Crippen molar-refractivity contribution in [2.75, 3.05) is 0 Å². The average molecular weight is 305 g/mol. The third kappa shape index (κ3) is 2.60. The number of nitrogens with one attached hydrogen (secondary N) is 1. The van der Waals surface area contributed by atoms with E-state index in [4.69, 9.17) is 5.11 Å². The van der Waals surface area contributed by atoms with Crippen molar-refractivity contribution in [1.29, 1.82) is 0 Å². The molecule has 2 N–H and O–H groups in total. The second-order valence-electron chi connectivity index (χ2n) is 6.46. The zero-order valence-electron chi connectivity index (χ0n) is 12.3. The highest BCUT2D eigenvalue weighted by Gasteiger charge is 2.46. The van der Waals surface area contributed by atoms with E-state index in [2.05, 4.69) is 5.32 Å². The summed E-state index contributed by atoms with van der Waals surface area (Å²) in [6, 6.07) is 6.17. The van der Waals surface area contributed by atoms with Crippen LogP contribution in [0.15, 0.2) is 24.3 Å². The van der Waals surface area contributed by atoms with Crippen molar-refractivity contribution in [3.8, 4) is 0 Å². The van der Waals surface area contributed by atoms with Gasteiger partial charge in [0.05, 0.1) is 11.3 Å². The molecule has 1 aromatic carbocycles. The standard InChI is InChI=1S/C17H20FNO3/c18-13-4-1-3-12(10-13)17(7-2-8-17)16(22)19-14-6-5-11(9-14)15(20)21/h1,3-4,10-11,14H,2,5-9H2,(H,19,22)(H,20,21)/t11-,14+/m1/s1. The summed E-state index contributed by atoms with van der Waals surface area (Å²) in [5.41, 5.74) is 0.0904. The first kappa shape index (κ1) is 15.0. The molecule has 1 amide bonds. The molecule has 0 bridgehead atoms.